The number of hydrogen-bond acceptors (Lipinski definition) is 5. The van der Waals surface area contributed by atoms with Crippen LogP contribution in [-0.4, -0.2) is 49.2 Å². The number of aromatic nitrogens is 1. The van der Waals surface area contributed by atoms with Gasteiger partial charge in [-0.1, -0.05) is 48.0 Å². The number of nitrogens with zero attached hydrogens (tertiary/aromatic N) is 2. The van der Waals surface area contributed by atoms with E-state index < -0.39 is 21.7 Å². The standard InChI is InChI=1S/C32H34N2O5S/c1-20-10-16-23(17-11-20)40(36,37)33-18-25-26(19-33)29-24-8-6-7-9-27(24)34(31(35)39-32(2,3)4)30(29)28(25)21-12-14-22(38-5)15-13-21/h6-17,25-26,28H,18-19H2,1-5H3/t25-,26+,28+/m0/s1. The highest BCUT2D eigenvalue weighted by Crippen LogP contribution is 2.57. The van der Waals surface area contributed by atoms with Gasteiger partial charge in [-0.15, -0.1) is 0 Å². The van der Waals surface area contributed by atoms with E-state index in [2.05, 4.69) is 0 Å². The third-order valence-electron chi connectivity index (χ3n) is 8.09. The second kappa shape index (κ2) is 9.49. The third-order valence-corrected chi connectivity index (χ3v) is 9.93. The molecule has 3 atom stereocenters. The Bertz CT molecular complexity index is 1700. The first-order chi connectivity index (χ1) is 19.0. The van der Waals surface area contributed by atoms with Crippen molar-refractivity contribution in [3.8, 4) is 5.75 Å². The van der Waals surface area contributed by atoms with E-state index in [4.69, 9.17) is 9.47 Å². The van der Waals surface area contributed by atoms with E-state index in [9.17, 15) is 13.2 Å². The maximum absolute atomic E-state index is 13.8. The summed E-state index contributed by atoms with van der Waals surface area (Å²) in [6.07, 6.45) is -0.424. The lowest BCUT2D eigenvalue weighted by molar-refractivity contribution is 0.0539. The highest BCUT2D eigenvalue weighted by molar-refractivity contribution is 7.89. The second-order valence-corrected chi connectivity index (χ2v) is 13.7. The zero-order valence-corrected chi connectivity index (χ0v) is 24.2. The average molecular weight is 559 g/mol. The summed E-state index contributed by atoms with van der Waals surface area (Å²) in [6.45, 7) is 8.23. The lowest BCUT2D eigenvalue weighted by atomic mass is 9.85. The number of ether oxygens (including phenoxy) is 2. The van der Waals surface area contributed by atoms with Gasteiger partial charge in [0.05, 0.1) is 17.5 Å². The Labute approximate surface area is 235 Å². The predicted molar refractivity (Wildman–Crippen MR) is 155 cm³/mol. The van der Waals surface area contributed by atoms with Crippen LogP contribution < -0.4 is 4.74 Å². The van der Waals surface area contributed by atoms with Crippen molar-refractivity contribution in [3.63, 3.8) is 0 Å². The smallest absolute Gasteiger partial charge is 0.419 e. The molecule has 1 aliphatic carbocycles. The molecular weight excluding hydrogens is 524 g/mol. The molecule has 0 amide bonds. The normalized spacial score (nSPS) is 20.9. The molecule has 1 fully saturated rings. The van der Waals surface area contributed by atoms with Gasteiger partial charge in [0.1, 0.15) is 11.4 Å². The van der Waals surface area contributed by atoms with Gasteiger partial charge >= 0.3 is 6.09 Å². The molecule has 0 radical (unpaired) electrons. The minimum Gasteiger partial charge on any atom is -0.497 e. The Morgan fingerprint density at radius 3 is 2.25 bits per heavy atom. The predicted octanol–water partition coefficient (Wildman–Crippen LogP) is 6.29. The number of carbonyl (C=O) groups is 1. The summed E-state index contributed by atoms with van der Waals surface area (Å²) in [5.41, 5.74) is 4.06. The monoisotopic (exact) mass is 558 g/mol. The van der Waals surface area contributed by atoms with Crippen molar-refractivity contribution in [2.24, 2.45) is 5.92 Å². The van der Waals surface area contributed by atoms with Crippen LogP contribution in [0.25, 0.3) is 10.9 Å². The first-order valence-corrected chi connectivity index (χ1v) is 15.0. The van der Waals surface area contributed by atoms with Gasteiger partial charge < -0.3 is 9.47 Å². The minimum absolute atomic E-state index is 0.0445. The molecule has 0 N–H and O–H groups in total. The zero-order chi connectivity index (χ0) is 28.4. The highest BCUT2D eigenvalue weighted by atomic mass is 32.2. The van der Waals surface area contributed by atoms with Crippen LogP contribution in [0.3, 0.4) is 0 Å². The van der Waals surface area contributed by atoms with E-state index in [1.807, 2.05) is 88.4 Å². The van der Waals surface area contributed by atoms with Gasteiger partial charge in [0, 0.05) is 36.0 Å². The Morgan fingerprint density at radius 2 is 1.60 bits per heavy atom. The Hall–Kier alpha value is -3.62. The third kappa shape index (κ3) is 4.30. The molecule has 40 heavy (non-hydrogen) atoms. The zero-order valence-electron chi connectivity index (χ0n) is 23.4. The highest BCUT2D eigenvalue weighted by Gasteiger charge is 2.53. The summed E-state index contributed by atoms with van der Waals surface area (Å²) in [5, 5.41) is 0.962. The Balaban J connectivity index is 1.52. The number of sulfonamides is 1. The fourth-order valence-electron chi connectivity index (χ4n) is 6.39. The molecule has 7 nitrogen and oxygen atoms in total. The van der Waals surface area contributed by atoms with Gasteiger partial charge in [-0.2, -0.15) is 4.31 Å². The molecule has 1 saturated heterocycles. The van der Waals surface area contributed by atoms with Crippen molar-refractivity contribution in [2.75, 3.05) is 20.2 Å². The fraction of sp³-hybridized carbons (Fsp3) is 0.344. The van der Waals surface area contributed by atoms with E-state index in [1.165, 1.54) is 0 Å². The summed E-state index contributed by atoms with van der Waals surface area (Å²) in [7, 11) is -2.06. The Morgan fingerprint density at radius 1 is 0.925 bits per heavy atom. The Kier molecular flexibility index (Phi) is 6.31. The molecule has 0 spiro atoms. The molecule has 4 aromatic rings. The van der Waals surface area contributed by atoms with Gasteiger partial charge in [0.25, 0.3) is 0 Å². The molecule has 6 rings (SSSR count). The fourth-order valence-corrected chi connectivity index (χ4v) is 7.90. The summed E-state index contributed by atoms with van der Waals surface area (Å²) in [6, 6.07) is 22.7. The number of aryl methyl sites for hydroxylation is 1. The van der Waals surface area contributed by atoms with Crippen LogP contribution >= 0.6 is 0 Å². The van der Waals surface area contributed by atoms with Crippen molar-refractivity contribution >= 4 is 27.0 Å². The minimum atomic E-state index is -3.69. The molecule has 1 aromatic heterocycles. The first-order valence-electron chi connectivity index (χ1n) is 13.6. The maximum Gasteiger partial charge on any atom is 0.419 e. The largest absolute Gasteiger partial charge is 0.497 e. The number of benzene rings is 3. The topological polar surface area (TPSA) is 77.8 Å². The summed E-state index contributed by atoms with van der Waals surface area (Å²) < 4.78 is 42.2. The molecule has 0 bridgehead atoms. The van der Waals surface area contributed by atoms with Crippen molar-refractivity contribution in [1.82, 2.24) is 8.87 Å². The van der Waals surface area contributed by atoms with Gasteiger partial charge in [-0.3, -0.25) is 0 Å². The van der Waals surface area contributed by atoms with Crippen molar-refractivity contribution in [3.05, 3.63) is 95.2 Å². The molecule has 2 aliphatic rings. The van der Waals surface area contributed by atoms with E-state index in [0.717, 1.165) is 39.0 Å². The summed E-state index contributed by atoms with van der Waals surface area (Å²) in [5.74, 6) is 0.415. The van der Waals surface area contributed by atoms with Crippen LogP contribution in [0, 0.1) is 12.8 Å². The number of hydrogen-bond donors (Lipinski definition) is 0. The van der Waals surface area contributed by atoms with Crippen LogP contribution in [0.5, 0.6) is 5.75 Å². The van der Waals surface area contributed by atoms with Crippen LogP contribution in [0.15, 0.2) is 77.7 Å². The summed E-state index contributed by atoms with van der Waals surface area (Å²) in [4.78, 5) is 14.0. The van der Waals surface area contributed by atoms with Gasteiger partial charge in [-0.25, -0.2) is 17.8 Å². The van der Waals surface area contributed by atoms with Crippen LogP contribution in [0.1, 0.15) is 55.0 Å². The van der Waals surface area contributed by atoms with Crippen molar-refractivity contribution in [1.29, 1.82) is 0 Å². The molecular formula is C32H34N2O5S. The molecule has 0 saturated carbocycles. The number of fused-ring (bicyclic) bond motifs is 5. The maximum atomic E-state index is 13.8. The van der Waals surface area contributed by atoms with Gasteiger partial charge in [0.2, 0.25) is 10.0 Å². The van der Waals surface area contributed by atoms with Gasteiger partial charge in [0.15, 0.2) is 0 Å². The van der Waals surface area contributed by atoms with Crippen molar-refractivity contribution in [2.45, 2.75) is 50.0 Å². The number of carbonyl (C=O) groups excluding carboxylic acids is 1. The SMILES string of the molecule is COc1ccc([C@H]2c3c(c4ccccc4n3C(=O)OC(C)(C)C)[C@@H]3CN(S(=O)(=O)c4ccc(C)cc4)C[C@H]23)cc1. The molecule has 0 unspecified atom stereocenters. The molecule has 3 aromatic carbocycles. The van der Waals surface area contributed by atoms with Crippen molar-refractivity contribution < 1.29 is 22.7 Å². The van der Waals surface area contributed by atoms with E-state index in [1.54, 1.807) is 28.1 Å². The number of methoxy groups -OCH3 is 1. The van der Waals surface area contributed by atoms with Crippen LogP contribution in [0.4, 0.5) is 4.79 Å². The van der Waals surface area contributed by atoms with E-state index >= 15 is 0 Å². The molecule has 8 heteroatoms. The van der Waals surface area contributed by atoms with Gasteiger partial charge in [-0.05, 0) is 75.1 Å². The van der Waals surface area contributed by atoms with Crippen LogP contribution in [-0.2, 0) is 14.8 Å². The lowest BCUT2D eigenvalue weighted by Gasteiger charge is -2.25. The second-order valence-electron chi connectivity index (χ2n) is 11.8. The first kappa shape index (κ1) is 26.6. The number of rotatable bonds is 4. The molecule has 1 aliphatic heterocycles. The number of para-hydroxylation sites is 1. The summed E-state index contributed by atoms with van der Waals surface area (Å²) >= 11 is 0. The quantitative estimate of drug-likeness (QED) is 0.294. The average Bonchev–Trinajstić information content (AvgIpc) is 3.56. The van der Waals surface area contributed by atoms with Crippen LogP contribution in [0.2, 0.25) is 0 Å². The molecule has 208 valence electrons. The lowest BCUT2D eigenvalue weighted by Crippen LogP contribution is -2.31. The van der Waals surface area contributed by atoms with E-state index in [0.29, 0.717) is 18.0 Å². The van der Waals surface area contributed by atoms with E-state index in [-0.39, 0.29) is 17.8 Å². The molecule has 2 heterocycles.